The molecule has 6 heteroatoms. The smallest absolute Gasteiger partial charge is 0.243 e. The number of aryl methyl sites for hydroxylation is 1. The zero-order valence-corrected chi connectivity index (χ0v) is 13.7. The largest absolute Gasteiger partial charge is 0.420 e. The molecule has 0 saturated carbocycles. The summed E-state index contributed by atoms with van der Waals surface area (Å²) < 4.78 is 5.60. The van der Waals surface area contributed by atoms with Crippen molar-refractivity contribution < 1.29 is 4.74 Å². The van der Waals surface area contributed by atoms with Crippen LogP contribution in [-0.2, 0) is 0 Å². The van der Waals surface area contributed by atoms with Crippen LogP contribution in [0.1, 0.15) is 22.1 Å². The van der Waals surface area contributed by atoms with Crippen molar-refractivity contribution >= 4 is 11.3 Å². The first-order valence-electron chi connectivity index (χ1n) is 7.46. The molecular formula is C18H14N4OS. The number of nitrogens with two attached hydrogens (primary N) is 1. The number of aromatic amines is 1. The van der Waals surface area contributed by atoms with E-state index in [0.717, 1.165) is 21.7 Å². The van der Waals surface area contributed by atoms with E-state index < -0.39 is 0 Å². The SMILES string of the molecule is Cc1ccsc1C1C(C#N)=C(N)Oc2nc(-c3ccccc3)[nH]c21. The summed E-state index contributed by atoms with van der Waals surface area (Å²) in [7, 11) is 0. The van der Waals surface area contributed by atoms with Gasteiger partial charge in [0.15, 0.2) is 0 Å². The maximum Gasteiger partial charge on any atom is 0.243 e. The number of benzene rings is 1. The number of imidazole rings is 1. The van der Waals surface area contributed by atoms with Crippen LogP contribution >= 0.6 is 11.3 Å². The van der Waals surface area contributed by atoms with Crippen molar-refractivity contribution in [2.24, 2.45) is 5.73 Å². The molecule has 24 heavy (non-hydrogen) atoms. The molecule has 3 N–H and O–H groups in total. The Kier molecular flexibility index (Phi) is 3.36. The number of aromatic nitrogens is 2. The van der Waals surface area contributed by atoms with Gasteiger partial charge in [-0.1, -0.05) is 30.3 Å². The Hall–Kier alpha value is -3.04. The number of nitriles is 1. The van der Waals surface area contributed by atoms with Crippen LogP contribution in [0.25, 0.3) is 11.4 Å². The van der Waals surface area contributed by atoms with Crippen LogP contribution < -0.4 is 10.5 Å². The van der Waals surface area contributed by atoms with Crippen molar-refractivity contribution in [3.8, 4) is 23.3 Å². The summed E-state index contributed by atoms with van der Waals surface area (Å²) in [6.07, 6.45) is 0. The van der Waals surface area contributed by atoms with E-state index in [4.69, 9.17) is 10.5 Å². The maximum absolute atomic E-state index is 9.57. The highest BCUT2D eigenvalue weighted by atomic mass is 32.1. The molecule has 0 amide bonds. The summed E-state index contributed by atoms with van der Waals surface area (Å²) in [5.74, 6) is 0.979. The number of allylic oxidation sites excluding steroid dienone is 1. The normalized spacial score (nSPS) is 16.4. The molecule has 1 aliphatic heterocycles. The number of rotatable bonds is 2. The second-order valence-electron chi connectivity index (χ2n) is 5.56. The fourth-order valence-corrected chi connectivity index (χ4v) is 3.93. The first-order chi connectivity index (χ1) is 11.7. The van der Waals surface area contributed by atoms with Gasteiger partial charge in [0.25, 0.3) is 0 Å². The second kappa shape index (κ2) is 5.55. The van der Waals surface area contributed by atoms with Gasteiger partial charge in [0.05, 0.1) is 11.6 Å². The van der Waals surface area contributed by atoms with Crippen LogP contribution in [-0.4, -0.2) is 9.97 Å². The number of nitrogens with zero attached hydrogens (tertiary/aromatic N) is 2. The number of H-pyrrole nitrogens is 1. The second-order valence-corrected chi connectivity index (χ2v) is 6.51. The number of ether oxygens (including phenoxy) is 1. The minimum atomic E-state index is -0.274. The topological polar surface area (TPSA) is 87.7 Å². The molecule has 3 aromatic rings. The van der Waals surface area contributed by atoms with Crippen LogP contribution in [0.15, 0.2) is 53.2 Å². The van der Waals surface area contributed by atoms with Gasteiger partial charge in [-0.2, -0.15) is 10.2 Å². The van der Waals surface area contributed by atoms with E-state index in [1.165, 1.54) is 0 Å². The molecular weight excluding hydrogens is 320 g/mol. The highest BCUT2D eigenvalue weighted by Gasteiger charge is 2.35. The molecule has 0 spiro atoms. The van der Waals surface area contributed by atoms with E-state index in [0.29, 0.717) is 17.3 Å². The third-order valence-corrected chi connectivity index (χ3v) is 5.16. The molecule has 1 aromatic carbocycles. The minimum absolute atomic E-state index is 0.119. The van der Waals surface area contributed by atoms with Crippen molar-refractivity contribution in [2.45, 2.75) is 12.8 Å². The number of fused-ring (bicyclic) bond motifs is 1. The first kappa shape index (κ1) is 14.5. The average Bonchev–Trinajstić information content (AvgIpc) is 3.20. The summed E-state index contributed by atoms with van der Waals surface area (Å²) in [6, 6.07) is 14.0. The van der Waals surface area contributed by atoms with Crippen molar-refractivity contribution in [2.75, 3.05) is 0 Å². The molecule has 1 aliphatic rings. The molecule has 5 nitrogen and oxygen atoms in total. The van der Waals surface area contributed by atoms with Crippen LogP contribution in [0, 0.1) is 18.3 Å². The highest BCUT2D eigenvalue weighted by Crippen LogP contribution is 2.44. The third-order valence-electron chi connectivity index (χ3n) is 4.08. The molecule has 4 rings (SSSR count). The fourth-order valence-electron chi connectivity index (χ4n) is 2.88. The lowest BCUT2D eigenvalue weighted by Crippen LogP contribution is -2.20. The van der Waals surface area contributed by atoms with Gasteiger partial charge in [-0.05, 0) is 23.9 Å². The molecule has 2 aromatic heterocycles. The predicted molar refractivity (Wildman–Crippen MR) is 92.4 cm³/mol. The van der Waals surface area contributed by atoms with Gasteiger partial charge in [0.1, 0.15) is 17.5 Å². The molecule has 1 atom stereocenters. The summed E-state index contributed by atoms with van der Waals surface area (Å²) in [5, 5.41) is 11.6. The van der Waals surface area contributed by atoms with E-state index in [9.17, 15) is 5.26 Å². The Morgan fingerprint density at radius 1 is 1.29 bits per heavy atom. The number of thiophene rings is 1. The van der Waals surface area contributed by atoms with Gasteiger partial charge in [0, 0.05) is 10.4 Å². The van der Waals surface area contributed by atoms with E-state index >= 15 is 0 Å². The van der Waals surface area contributed by atoms with Crippen molar-refractivity contribution in [1.29, 1.82) is 5.26 Å². The molecule has 0 bridgehead atoms. The Bertz CT molecular complexity index is 978. The van der Waals surface area contributed by atoms with Gasteiger partial charge in [-0.25, -0.2) is 0 Å². The summed E-state index contributed by atoms with van der Waals surface area (Å²) >= 11 is 1.60. The summed E-state index contributed by atoms with van der Waals surface area (Å²) in [4.78, 5) is 8.93. The van der Waals surface area contributed by atoms with Crippen LogP contribution in [0.4, 0.5) is 0 Å². The molecule has 3 heterocycles. The number of nitrogens with one attached hydrogen (secondary N) is 1. The molecule has 0 radical (unpaired) electrons. The zero-order chi connectivity index (χ0) is 16.7. The Labute approximate surface area is 143 Å². The minimum Gasteiger partial charge on any atom is -0.420 e. The molecule has 0 aliphatic carbocycles. The van der Waals surface area contributed by atoms with Gasteiger partial charge in [-0.15, -0.1) is 11.3 Å². The Morgan fingerprint density at radius 2 is 2.08 bits per heavy atom. The van der Waals surface area contributed by atoms with Crippen LogP contribution in [0.3, 0.4) is 0 Å². The molecule has 1 unspecified atom stereocenters. The van der Waals surface area contributed by atoms with Crippen LogP contribution in [0.2, 0.25) is 0 Å². The average molecular weight is 334 g/mol. The fraction of sp³-hybridized carbons (Fsp3) is 0.111. The van der Waals surface area contributed by atoms with Gasteiger partial charge in [-0.3, -0.25) is 0 Å². The lowest BCUT2D eigenvalue weighted by atomic mass is 9.92. The van der Waals surface area contributed by atoms with Gasteiger partial charge < -0.3 is 15.5 Å². The molecule has 0 fully saturated rings. The van der Waals surface area contributed by atoms with E-state index in [1.807, 2.05) is 48.7 Å². The van der Waals surface area contributed by atoms with E-state index in [1.54, 1.807) is 11.3 Å². The van der Waals surface area contributed by atoms with E-state index in [-0.39, 0.29) is 11.8 Å². The van der Waals surface area contributed by atoms with Crippen molar-refractivity contribution in [3.63, 3.8) is 0 Å². The number of hydrogen-bond donors (Lipinski definition) is 2. The lowest BCUT2D eigenvalue weighted by molar-refractivity contribution is 0.380. The van der Waals surface area contributed by atoms with Crippen molar-refractivity contribution in [3.05, 3.63) is 69.4 Å². The maximum atomic E-state index is 9.57. The number of hydrogen-bond acceptors (Lipinski definition) is 5. The quantitative estimate of drug-likeness (QED) is 0.748. The highest BCUT2D eigenvalue weighted by molar-refractivity contribution is 7.10. The molecule has 118 valence electrons. The Balaban J connectivity index is 1.90. The Morgan fingerprint density at radius 3 is 2.75 bits per heavy atom. The summed E-state index contributed by atoms with van der Waals surface area (Å²) in [6.45, 7) is 2.03. The third kappa shape index (κ3) is 2.18. The predicted octanol–water partition coefficient (Wildman–Crippen LogP) is 3.66. The monoisotopic (exact) mass is 334 g/mol. The van der Waals surface area contributed by atoms with E-state index in [2.05, 4.69) is 16.0 Å². The van der Waals surface area contributed by atoms with Gasteiger partial charge >= 0.3 is 0 Å². The van der Waals surface area contributed by atoms with Crippen LogP contribution in [0.5, 0.6) is 5.88 Å². The van der Waals surface area contributed by atoms with Crippen molar-refractivity contribution in [1.82, 2.24) is 9.97 Å². The lowest BCUT2D eigenvalue weighted by Gasteiger charge is -2.22. The van der Waals surface area contributed by atoms with Gasteiger partial charge in [0.2, 0.25) is 11.8 Å². The standard InChI is InChI=1S/C18H14N4OS/c1-10-7-8-24-15(10)13-12(9-19)16(20)23-18-14(13)21-17(22-18)11-5-3-2-4-6-11/h2-8,13H,20H2,1H3,(H,21,22). The zero-order valence-electron chi connectivity index (χ0n) is 12.9. The molecule has 0 saturated heterocycles. The summed E-state index contributed by atoms with van der Waals surface area (Å²) in [5.41, 5.74) is 9.24. The first-order valence-corrected chi connectivity index (χ1v) is 8.34.